The van der Waals surface area contributed by atoms with Crippen LogP contribution in [0.15, 0.2) is 18.2 Å². The third kappa shape index (κ3) is 3.12. The normalized spacial score (nSPS) is 22.4. The van der Waals surface area contributed by atoms with Gasteiger partial charge in [0.2, 0.25) is 5.91 Å². The molecule has 2 rings (SSSR count). The summed E-state index contributed by atoms with van der Waals surface area (Å²) in [5.74, 6) is 0.116. The van der Waals surface area contributed by atoms with E-state index in [4.69, 9.17) is 0 Å². The lowest BCUT2D eigenvalue weighted by Crippen LogP contribution is -2.46. The zero-order valence-corrected chi connectivity index (χ0v) is 12.9. The summed E-state index contributed by atoms with van der Waals surface area (Å²) in [6, 6.07) is 6.11. The molecular weight excluding hydrogens is 250 g/mol. The molecule has 1 aliphatic rings. The van der Waals surface area contributed by atoms with E-state index in [1.165, 1.54) is 0 Å². The van der Waals surface area contributed by atoms with Gasteiger partial charge in [0.1, 0.15) is 0 Å². The van der Waals surface area contributed by atoms with E-state index >= 15 is 0 Å². The summed E-state index contributed by atoms with van der Waals surface area (Å²) in [5, 5.41) is 6.40. The van der Waals surface area contributed by atoms with Gasteiger partial charge in [0, 0.05) is 32.0 Å². The Hall–Kier alpha value is -1.55. The minimum absolute atomic E-state index is 0.116. The second-order valence-corrected chi connectivity index (χ2v) is 6.19. The molecule has 1 aromatic rings. The van der Waals surface area contributed by atoms with Crippen LogP contribution in [-0.2, 0) is 4.79 Å². The van der Waals surface area contributed by atoms with Crippen LogP contribution in [0.3, 0.4) is 0 Å². The summed E-state index contributed by atoms with van der Waals surface area (Å²) in [7, 11) is 4.03. The smallest absolute Gasteiger partial charge is 0.231 e. The topological polar surface area (TPSA) is 44.4 Å². The van der Waals surface area contributed by atoms with Gasteiger partial charge in [0.25, 0.3) is 0 Å². The number of nitrogens with one attached hydrogen (secondary N) is 2. The summed E-state index contributed by atoms with van der Waals surface area (Å²) in [5.41, 5.74) is 2.85. The first-order chi connectivity index (χ1) is 9.42. The number of hydrogen-bond acceptors (Lipinski definition) is 3. The molecule has 1 fully saturated rings. The number of nitrogens with zero attached hydrogens (tertiary/aromatic N) is 1. The molecule has 2 N–H and O–H groups in total. The average Bonchev–Trinajstić information content (AvgIpc) is 2.41. The number of carbonyl (C=O) groups is 1. The Kier molecular flexibility index (Phi) is 4.33. The van der Waals surface area contributed by atoms with Crippen LogP contribution in [0.25, 0.3) is 0 Å². The van der Waals surface area contributed by atoms with Crippen molar-refractivity contribution in [1.82, 2.24) is 5.32 Å². The second-order valence-electron chi connectivity index (χ2n) is 6.19. The minimum atomic E-state index is -0.301. The highest BCUT2D eigenvalue weighted by Gasteiger charge is 2.34. The van der Waals surface area contributed by atoms with Crippen LogP contribution in [0.1, 0.15) is 25.3 Å². The highest BCUT2D eigenvalue weighted by molar-refractivity contribution is 5.96. The first kappa shape index (κ1) is 14.9. The fraction of sp³-hybridized carbons (Fsp3) is 0.562. The molecule has 0 spiro atoms. The quantitative estimate of drug-likeness (QED) is 0.890. The van der Waals surface area contributed by atoms with E-state index in [0.717, 1.165) is 42.9 Å². The molecule has 0 saturated carbocycles. The summed E-state index contributed by atoms with van der Waals surface area (Å²) in [6.07, 6.45) is 2.00. The Morgan fingerprint density at radius 1 is 1.40 bits per heavy atom. The van der Waals surface area contributed by atoms with Gasteiger partial charge in [-0.05, 0) is 57.0 Å². The van der Waals surface area contributed by atoms with Gasteiger partial charge in [-0.3, -0.25) is 4.79 Å². The molecule has 0 aliphatic carbocycles. The van der Waals surface area contributed by atoms with E-state index in [2.05, 4.69) is 21.6 Å². The second kappa shape index (κ2) is 5.83. The number of aryl methyl sites for hydroxylation is 1. The Balaban J connectivity index is 2.11. The van der Waals surface area contributed by atoms with Crippen molar-refractivity contribution in [2.24, 2.45) is 5.41 Å². The van der Waals surface area contributed by atoms with Crippen molar-refractivity contribution in [3.63, 3.8) is 0 Å². The van der Waals surface area contributed by atoms with Gasteiger partial charge in [-0.2, -0.15) is 0 Å². The lowest BCUT2D eigenvalue weighted by Gasteiger charge is -2.32. The number of piperidine rings is 1. The molecule has 1 aliphatic heterocycles. The lowest BCUT2D eigenvalue weighted by atomic mass is 9.82. The van der Waals surface area contributed by atoms with E-state index in [1.54, 1.807) is 0 Å². The van der Waals surface area contributed by atoms with Crippen LogP contribution >= 0.6 is 0 Å². The largest absolute Gasteiger partial charge is 0.378 e. The van der Waals surface area contributed by atoms with Crippen LogP contribution in [0.5, 0.6) is 0 Å². The Morgan fingerprint density at radius 2 is 2.15 bits per heavy atom. The summed E-state index contributed by atoms with van der Waals surface area (Å²) >= 11 is 0. The van der Waals surface area contributed by atoms with Crippen LogP contribution in [-0.4, -0.2) is 33.1 Å². The fourth-order valence-electron chi connectivity index (χ4n) is 2.59. The molecule has 1 heterocycles. The van der Waals surface area contributed by atoms with Gasteiger partial charge in [0.15, 0.2) is 0 Å². The van der Waals surface area contributed by atoms with Gasteiger partial charge in [-0.1, -0.05) is 0 Å². The summed E-state index contributed by atoms with van der Waals surface area (Å²) in [6.45, 7) is 5.84. The standard InChI is InChI=1S/C16H25N3O/c1-12-10-13(19(3)4)6-7-14(12)18-15(20)16(2)8-5-9-17-11-16/h6-7,10,17H,5,8-9,11H2,1-4H3,(H,18,20). The molecule has 1 aromatic carbocycles. The van der Waals surface area contributed by atoms with Crippen LogP contribution in [0, 0.1) is 12.3 Å². The molecule has 1 amide bonds. The number of hydrogen-bond donors (Lipinski definition) is 2. The molecule has 0 radical (unpaired) electrons. The third-order valence-electron chi connectivity index (χ3n) is 4.12. The number of anilines is 2. The van der Waals surface area contributed by atoms with Crippen molar-refractivity contribution in [2.45, 2.75) is 26.7 Å². The average molecular weight is 275 g/mol. The fourth-order valence-corrected chi connectivity index (χ4v) is 2.59. The molecule has 4 nitrogen and oxygen atoms in total. The predicted molar refractivity (Wildman–Crippen MR) is 84.3 cm³/mol. The van der Waals surface area contributed by atoms with Crippen LogP contribution in [0.2, 0.25) is 0 Å². The first-order valence-corrected chi connectivity index (χ1v) is 7.22. The zero-order valence-electron chi connectivity index (χ0n) is 12.9. The van der Waals surface area contributed by atoms with Gasteiger partial charge < -0.3 is 15.5 Å². The number of benzene rings is 1. The Labute approximate surface area is 121 Å². The third-order valence-corrected chi connectivity index (χ3v) is 4.12. The summed E-state index contributed by atoms with van der Waals surface area (Å²) < 4.78 is 0. The molecular formula is C16H25N3O. The lowest BCUT2D eigenvalue weighted by molar-refractivity contribution is -0.125. The minimum Gasteiger partial charge on any atom is -0.378 e. The molecule has 20 heavy (non-hydrogen) atoms. The molecule has 110 valence electrons. The Morgan fingerprint density at radius 3 is 2.70 bits per heavy atom. The molecule has 0 bridgehead atoms. The molecule has 1 saturated heterocycles. The predicted octanol–water partition coefficient (Wildman–Crippen LogP) is 2.39. The van der Waals surface area contributed by atoms with E-state index in [-0.39, 0.29) is 11.3 Å². The van der Waals surface area contributed by atoms with Crippen molar-refractivity contribution in [1.29, 1.82) is 0 Å². The highest BCUT2D eigenvalue weighted by atomic mass is 16.2. The van der Waals surface area contributed by atoms with Gasteiger partial charge >= 0.3 is 0 Å². The maximum absolute atomic E-state index is 12.5. The van der Waals surface area contributed by atoms with Crippen molar-refractivity contribution in [2.75, 3.05) is 37.4 Å². The van der Waals surface area contributed by atoms with E-state index in [0.29, 0.717) is 0 Å². The zero-order chi connectivity index (χ0) is 14.8. The Bertz CT molecular complexity index is 490. The maximum Gasteiger partial charge on any atom is 0.231 e. The van der Waals surface area contributed by atoms with Gasteiger partial charge in [-0.15, -0.1) is 0 Å². The van der Waals surface area contributed by atoms with Crippen molar-refractivity contribution in [3.8, 4) is 0 Å². The molecule has 0 aromatic heterocycles. The maximum atomic E-state index is 12.5. The molecule has 1 atom stereocenters. The number of amides is 1. The molecule has 1 unspecified atom stereocenters. The van der Waals surface area contributed by atoms with Crippen molar-refractivity contribution in [3.05, 3.63) is 23.8 Å². The number of rotatable bonds is 3. The SMILES string of the molecule is Cc1cc(N(C)C)ccc1NC(=O)C1(C)CCCNC1. The highest BCUT2D eigenvalue weighted by Crippen LogP contribution is 2.29. The first-order valence-electron chi connectivity index (χ1n) is 7.22. The number of carbonyl (C=O) groups excluding carboxylic acids is 1. The van der Waals surface area contributed by atoms with Crippen molar-refractivity contribution < 1.29 is 4.79 Å². The van der Waals surface area contributed by atoms with Crippen LogP contribution in [0.4, 0.5) is 11.4 Å². The summed E-state index contributed by atoms with van der Waals surface area (Å²) in [4.78, 5) is 14.6. The van der Waals surface area contributed by atoms with E-state index in [1.807, 2.05) is 40.1 Å². The van der Waals surface area contributed by atoms with Crippen LogP contribution < -0.4 is 15.5 Å². The van der Waals surface area contributed by atoms with Gasteiger partial charge in [0.05, 0.1) is 5.41 Å². The monoisotopic (exact) mass is 275 g/mol. The van der Waals surface area contributed by atoms with E-state index in [9.17, 15) is 4.79 Å². The molecule has 4 heteroatoms. The van der Waals surface area contributed by atoms with Crippen molar-refractivity contribution >= 4 is 17.3 Å². The van der Waals surface area contributed by atoms with E-state index < -0.39 is 0 Å². The van der Waals surface area contributed by atoms with Gasteiger partial charge in [-0.25, -0.2) is 0 Å².